The molecular weight excluding hydrogens is 220 g/mol. The molecule has 1 amide bonds. The molecule has 0 saturated heterocycles. The average Bonchev–Trinajstić information content (AvgIpc) is 2.20. The lowest BCUT2D eigenvalue weighted by atomic mass is 10.1. The quantitative estimate of drug-likeness (QED) is 0.171. The number of unbranched alkanes of at least 4 members (excludes halogenated alkanes) is 1. The molecule has 0 atom stereocenters. The molecule has 0 unspecified atom stereocenters. The summed E-state index contributed by atoms with van der Waals surface area (Å²) in [6, 6.07) is 0. The van der Waals surface area contributed by atoms with Crippen molar-refractivity contribution >= 4 is 11.7 Å². The summed E-state index contributed by atoms with van der Waals surface area (Å²) in [6.07, 6.45) is 2.30. The van der Waals surface area contributed by atoms with Crippen LogP contribution in [0.1, 0.15) is 40.0 Å². The van der Waals surface area contributed by atoms with Gasteiger partial charge in [-0.15, -0.1) is 0 Å². The van der Waals surface area contributed by atoms with E-state index >= 15 is 0 Å². The Balaban J connectivity index is 3.43. The van der Waals surface area contributed by atoms with Crippen molar-refractivity contribution in [3.05, 3.63) is 0 Å². The molecule has 0 aromatic heterocycles. The van der Waals surface area contributed by atoms with Crippen LogP contribution in [-0.4, -0.2) is 35.6 Å². The Bertz CT molecular complexity index is 259. The molecule has 0 aliphatic heterocycles. The van der Waals surface area contributed by atoms with E-state index in [0.717, 1.165) is 19.4 Å². The molecule has 0 aliphatic rings. The van der Waals surface area contributed by atoms with Crippen LogP contribution in [0.3, 0.4) is 0 Å². The van der Waals surface area contributed by atoms with Gasteiger partial charge in [-0.1, -0.05) is 5.16 Å². The molecule has 6 nitrogen and oxygen atoms in total. The smallest absolute Gasteiger partial charge is 0.234 e. The fourth-order valence-electron chi connectivity index (χ4n) is 1.27. The zero-order valence-electron chi connectivity index (χ0n) is 10.9. The summed E-state index contributed by atoms with van der Waals surface area (Å²) in [5.41, 5.74) is 5.13. The van der Waals surface area contributed by atoms with E-state index in [1.54, 1.807) is 0 Å². The van der Waals surface area contributed by atoms with Crippen LogP contribution in [0.4, 0.5) is 0 Å². The highest BCUT2D eigenvalue weighted by Crippen LogP contribution is 1.97. The Morgan fingerprint density at radius 2 is 2.00 bits per heavy atom. The summed E-state index contributed by atoms with van der Waals surface area (Å²) in [4.78, 5) is 11.4. The molecule has 0 rings (SSSR count). The molecule has 0 aromatic carbocycles. The minimum absolute atomic E-state index is 0.00562. The maximum atomic E-state index is 11.4. The van der Waals surface area contributed by atoms with Crippen LogP contribution in [-0.2, 0) is 4.79 Å². The maximum Gasteiger partial charge on any atom is 0.234 e. The van der Waals surface area contributed by atoms with Crippen molar-refractivity contribution < 1.29 is 10.0 Å². The Labute approximate surface area is 103 Å². The average molecular weight is 244 g/mol. The van der Waals surface area contributed by atoms with E-state index in [-0.39, 0.29) is 17.3 Å². The first kappa shape index (κ1) is 15.7. The summed E-state index contributed by atoms with van der Waals surface area (Å²) < 4.78 is 0. The molecule has 0 radical (unpaired) electrons. The zero-order chi connectivity index (χ0) is 13.3. The largest absolute Gasteiger partial charge is 0.409 e. The monoisotopic (exact) mass is 244 g/mol. The minimum atomic E-state index is -0.190. The molecule has 5 N–H and O–H groups in total. The molecule has 100 valence electrons. The molecule has 0 aromatic rings. The minimum Gasteiger partial charge on any atom is -0.409 e. The molecule has 0 bridgehead atoms. The summed E-state index contributed by atoms with van der Waals surface area (Å²) in [6.45, 7) is 6.91. The van der Waals surface area contributed by atoms with Gasteiger partial charge in [0.25, 0.3) is 0 Å². The van der Waals surface area contributed by atoms with E-state index in [1.165, 1.54) is 0 Å². The molecule has 0 saturated carbocycles. The van der Waals surface area contributed by atoms with Crippen LogP contribution in [0.2, 0.25) is 0 Å². The van der Waals surface area contributed by atoms with Crippen molar-refractivity contribution in [1.29, 1.82) is 0 Å². The van der Waals surface area contributed by atoms with Crippen molar-refractivity contribution in [2.45, 2.75) is 45.6 Å². The maximum absolute atomic E-state index is 11.4. The number of amidine groups is 1. The predicted octanol–water partition coefficient (Wildman–Crippen LogP) is 0.407. The van der Waals surface area contributed by atoms with Crippen molar-refractivity contribution in [2.24, 2.45) is 10.9 Å². The Kier molecular flexibility index (Phi) is 7.29. The fourth-order valence-corrected chi connectivity index (χ4v) is 1.27. The number of amides is 1. The van der Waals surface area contributed by atoms with E-state index in [2.05, 4.69) is 15.8 Å². The van der Waals surface area contributed by atoms with E-state index < -0.39 is 0 Å². The summed E-state index contributed by atoms with van der Waals surface area (Å²) in [5.74, 6) is 0.240. The number of nitrogens with one attached hydrogen (secondary N) is 2. The van der Waals surface area contributed by atoms with Gasteiger partial charge in [0.15, 0.2) is 0 Å². The van der Waals surface area contributed by atoms with Crippen molar-refractivity contribution in [2.75, 3.05) is 13.1 Å². The second kappa shape index (κ2) is 7.89. The number of nitrogens with zero attached hydrogens (tertiary/aromatic N) is 1. The predicted molar refractivity (Wildman–Crippen MR) is 68.0 cm³/mol. The summed E-state index contributed by atoms with van der Waals surface area (Å²) in [5, 5.41) is 17.1. The molecule has 6 heteroatoms. The third-order valence-corrected chi connectivity index (χ3v) is 1.96. The molecular formula is C11H24N4O2. The van der Waals surface area contributed by atoms with Gasteiger partial charge in [-0.2, -0.15) is 0 Å². The number of carbonyl (C=O) groups is 1. The van der Waals surface area contributed by atoms with Gasteiger partial charge >= 0.3 is 0 Å². The first-order valence-corrected chi connectivity index (χ1v) is 5.83. The Hall–Kier alpha value is -1.30. The normalized spacial score (nSPS) is 12.5. The second-order valence-corrected chi connectivity index (χ2v) is 5.02. The highest BCUT2D eigenvalue weighted by atomic mass is 16.4. The van der Waals surface area contributed by atoms with Gasteiger partial charge in [-0.25, -0.2) is 0 Å². The highest BCUT2D eigenvalue weighted by molar-refractivity contribution is 5.79. The number of oxime groups is 1. The van der Waals surface area contributed by atoms with Crippen LogP contribution in [0.25, 0.3) is 0 Å². The van der Waals surface area contributed by atoms with Gasteiger partial charge in [-0.05, 0) is 40.2 Å². The molecule has 17 heavy (non-hydrogen) atoms. The van der Waals surface area contributed by atoms with Crippen LogP contribution >= 0.6 is 0 Å². The van der Waals surface area contributed by atoms with Gasteiger partial charge in [0.05, 0.1) is 6.54 Å². The van der Waals surface area contributed by atoms with Crippen molar-refractivity contribution in [3.63, 3.8) is 0 Å². The fraction of sp³-hybridized carbons (Fsp3) is 0.818. The lowest BCUT2D eigenvalue weighted by molar-refractivity contribution is -0.121. The molecule has 0 spiro atoms. The Morgan fingerprint density at radius 3 is 2.53 bits per heavy atom. The standard InChI is InChI=1S/C11H24N4O2/c1-11(2,3)14-10(16)8-13-7-5-4-6-9(12)15-17/h13,17H,4-8H2,1-3H3,(H2,12,15)(H,14,16). The van der Waals surface area contributed by atoms with Crippen LogP contribution < -0.4 is 16.4 Å². The number of nitrogens with two attached hydrogens (primary N) is 1. The molecule has 0 aliphatic carbocycles. The molecule has 0 fully saturated rings. The first-order valence-electron chi connectivity index (χ1n) is 5.83. The van der Waals surface area contributed by atoms with Crippen LogP contribution in [0, 0.1) is 0 Å². The van der Waals surface area contributed by atoms with Crippen molar-refractivity contribution in [1.82, 2.24) is 10.6 Å². The van der Waals surface area contributed by atoms with Crippen LogP contribution in [0.15, 0.2) is 5.16 Å². The van der Waals surface area contributed by atoms with Crippen LogP contribution in [0.5, 0.6) is 0 Å². The Morgan fingerprint density at radius 1 is 1.35 bits per heavy atom. The first-order chi connectivity index (χ1) is 7.85. The molecule has 0 heterocycles. The summed E-state index contributed by atoms with van der Waals surface area (Å²) >= 11 is 0. The number of rotatable bonds is 7. The second-order valence-electron chi connectivity index (χ2n) is 5.02. The van der Waals surface area contributed by atoms with Gasteiger partial charge in [0.1, 0.15) is 5.84 Å². The van der Waals surface area contributed by atoms with Crippen molar-refractivity contribution in [3.8, 4) is 0 Å². The lowest BCUT2D eigenvalue weighted by Crippen LogP contribution is -2.44. The number of carbonyl (C=O) groups excluding carboxylic acids is 1. The zero-order valence-corrected chi connectivity index (χ0v) is 10.9. The van der Waals surface area contributed by atoms with Gasteiger partial charge in [-0.3, -0.25) is 4.79 Å². The number of hydrogen-bond donors (Lipinski definition) is 4. The van der Waals surface area contributed by atoms with E-state index in [1.807, 2.05) is 20.8 Å². The van der Waals surface area contributed by atoms with Gasteiger partial charge in [0.2, 0.25) is 5.91 Å². The van der Waals surface area contributed by atoms with Gasteiger partial charge < -0.3 is 21.6 Å². The van der Waals surface area contributed by atoms with E-state index in [4.69, 9.17) is 10.9 Å². The van der Waals surface area contributed by atoms with Gasteiger partial charge in [0, 0.05) is 12.0 Å². The lowest BCUT2D eigenvalue weighted by Gasteiger charge is -2.20. The highest BCUT2D eigenvalue weighted by Gasteiger charge is 2.12. The third kappa shape index (κ3) is 11.0. The van der Waals surface area contributed by atoms with E-state index in [0.29, 0.717) is 13.0 Å². The summed E-state index contributed by atoms with van der Waals surface area (Å²) in [7, 11) is 0. The SMILES string of the molecule is CC(C)(C)NC(=O)CNCCCCC(N)=NO. The topological polar surface area (TPSA) is 99.7 Å². The number of hydrogen-bond acceptors (Lipinski definition) is 4. The van der Waals surface area contributed by atoms with E-state index in [9.17, 15) is 4.79 Å². The third-order valence-electron chi connectivity index (χ3n) is 1.96.